The van der Waals surface area contributed by atoms with Gasteiger partial charge in [-0.1, -0.05) is 43.3 Å². The van der Waals surface area contributed by atoms with E-state index in [1.165, 1.54) is 6.07 Å². The van der Waals surface area contributed by atoms with Crippen molar-refractivity contribution in [3.63, 3.8) is 0 Å². The van der Waals surface area contributed by atoms with Gasteiger partial charge in [0.2, 0.25) is 5.89 Å². The summed E-state index contributed by atoms with van der Waals surface area (Å²) in [6, 6.07) is 16.8. The van der Waals surface area contributed by atoms with E-state index in [1.807, 2.05) is 47.9 Å². The van der Waals surface area contributed by atoms with E-state index in [0.29, 0.717) is 30.3 Å². The molecule has 4 aromatic rings. The van der Waals surface area contributed by atoms with Gasteiger partial charge < -0.3 is 8.98 Å². The Morgan fingerprint density at radius 3 is 2.62 bits per heavy atom. The monoisotopic (exact) mass is 321 g/mol. The van der Waals surface area contributed by atoms with Gasteiger partial charge in [0.05, 0.1) is 6.54 Å². The molecule has 0 amide bonds. The third-order valence-corrected chi connectivity index (χ3v) is 4.09. The zero-order valence-electron chi connectivity index (χ0n) is 13.2. The van der Waals surface area contributed by atoms with E-state index < -0.39 is 0 Å². The second-order valence-electron chi connectivity index (χ2n) is 5.62. The van der Waals surface area contributed by atoms with Crippen molar-refractivity contribution in [1.29, 1.82) is 0 Å². The number of para-hydroxylation sites is 1. The maximum Gasteiger partial charge on any atom is 0.264 e. The Labute approximate surface area is 138 Å². The highest BCUT2D eigenvalue weighted by molar-refractivity contribution is 5.85. The molecule has 0 saturated heterocycles. The summed E-state index contributed by atoms with van der Waals surface area (Å²) in [6.07, 6.45) is 0.681. The minimum Gasteiger partial charge on any atom is -0.419 e. The topological polar surface area (TPSA) is 43.9 Å². The lowest BCUT2D eigenvalue weighted by Crippen LogP contribution is -2.03. The maximum atomic E-state index is 14.1. The number of fused-ring (bicyclic) bond motifs is 1. The molecule has 4 rings (SSSR count). The first kappa shape index (κ1) is 14.6. The number of benzene rings is 2. The second-order valence-corrected chi connectivity index (χ2v) is 5.62. The summed E-state index contributed by atoms with van der Waals surface area (Å²) in [7, 11) is 0. The van der Waals surface area contributed by atoms with Gasteiger partial charge >= 0.3 is 0 Å². The van der Waals surface area contributed by atoms with Crippen molar-refractivity contribution in [2.45, 2.75) is 19.9 Å². The fourth-order valence-corrected chi connectivity index (χ4v) is 2.85. The molecule has 0 atom stereocenters. The van der Waals surface area contributed by atoms with Crippen LogP contribution in [0.2, 0.25) is 0 Å². The largest absolute Gasteiger partial charge is 0.419 e. The summed E-state index contributed by atoms with van der Waals surface area (Å²) >= 11 is 0. The molecule has 0 saturated carbocycles. The molecule has 120 valence electrons. The van der Waals surface area contributed by atoms with E-state index in [4.69, 9.17) is 4.42 Å². The molecule has 0 radical (unpaired) electrons. The molecule has 2 aromatic carbocycles. The lowest BCUT2D eigenvalue weighted by atomic mass is 10.2. The molecule has 2 aromatic heterocycles. The molecule has 24 heavy (non-hydrogen) atoms. The van der Waals surface area contributed by atoms with Crippen LogP contribution in [0.5, 0.6) is 0 Å². The SMILES string of the molecule is CCc1nnc(-c2cc3ccccc3n2Cc2ccccc2F)o1. The van der Waals surface area contributed by atoms with E-state index >= 15 is 0 Å². The van der Waals surface area contributed by atoms with Gasteiger partial charge in [-0.05, 0) is 18.2 Å². The van der Waals surface area contributed by atoms with E-state index in [2.05, 4.69) is 10.2 Å². The average Bonchev–Trinajstić information content (AvgIpc) is 3.22. The van der Waals surface area contributed by atoms with E-state index in [0.717, 1.165) is 16.6 Å². The fraction of sp³-hybridized carbons (Fsp3) is 0.158. The van der Waals surface area contributed by atoms with Crippen LogP contribution in [-0.4, -0.2) is 14.8 Å². The maximum absolute atomic E-state index is 14.1. The highest BCUT2D eigenvalue weighted by Crippen LogP contribution is 2.29. The Morgan fingerprint density at radius 2 is 1.83 bits per heavy atom. The lowest BCUT2D eigenvalue weighted by molar-refractivity contribution is 0.508. The molecule has 0 unspecified atom stereocenters. The first-order valence-corrected chi connectivity index (χ1v) is 7.90. The first-order valence-electron chi connectivity index (χ1n) is 7.90. The van der Waals surface area contributed by atoms with Crippen LogP contribution < -0.4 is 0 Å². The summed E-state index contributed by atoms with van der Waals surface area (Å²) in [6.45, 7) is 2.37. The standard InChI is InChI=1S/C19H16FN3O/c1-2-18-21-22-19(24-18)17-11-13-7-4-6-10-16(13)23(17)12-14-8-3-5-9-15(14)20/h3-11H,2,12H2,1H3. The number of nitrogens with zero attached hydrogens (tertiary/aromatic N) is 3. The molecule has 0 bridgehead atoms. The summed E-state index contributed by atoms with van der Waals surface area (Å²) in [5, 5.41) is 9.24. The summed E-state index contributed by atoms with van der Waals surface area (Å²) in [5.74, 6) is 0.827. The van der Waals surface area contributed by atoms with Gasteiger partial charge in [-0.3, -0.25) is 0 Å². The van der Waals surface area contributed by atoms with Crippen molar-refractivity contribution in [2.75, 3.05) is 0 Å². The summed E-state index contributed by atoms with van der Waals surface area (Å²) < 4.78 is 21.8. The molecule has 0 aliphatic carbocycles. The highest BCUT2D eigenvalue weighted by Gasteiger charge is 2.17. The van der Waals surface area contributed by atoms with Crippen LogP contribution in [0.25, 0.3) is 22.5 Å². The van der Waals surface area contributed by atoms with Crippen LogP contribution in [0.4, 0.5) is 4.39 Å². The van der Waals surface area contributed by atoms with Gasteiger partial charge in [0.1, 0.15) is 11.5 Å². The van der Waals surface area contributed by atoms with Gasteiger partial charge in [0.15, 0.2) is 0 Å². The van der Waals surface area contributed by atoms with Crippen molar-refractivity contribution in [3.05, 3.63) is 71.9 Å². The first-order chi connectivity index (χ1) is 11.8. The van der Waals surface area contributed by atoms with E-state index in [-0.39, 0.29) is 5.82 Å². The van der Waals surface area contributed by atoms with Gasteiger partial charge in [-0.2, -0.15) is 0 Å². The minimum absolute atomic E-state index is 0.221. The van der Waals surface area contributed by atoms with Crippen LogP contribution in [0.3, 0.4) is 0 Å². The van der Waals surface area contributed by atoms with Gasteiger partial charge in [0, 0.05) is 22.9 Å². The van der Waals surface area contributed by atoms with Gasteiger partial charge in [-0.25, -0.2) is 4.39 Å². The van der Waals surface area contributed by atoms with Crippen molar-refractivity contribution < 1.29 is 8.81 Å². The number of halogens is 1. The molecule has 2 heterocycles. The van der Waals surface area contributed by atoms with Crippen molar-refractivity contribution >= 4 is 10.9 Å². The number of aryl methyl sites for hydroxylation is 1. The normalized spacial score (nSPS) is 11.2. The highest BCUT2D eigenvalue weighted by atomic mass is 19.1. The van der Waals surface area contributed by atoms with Gasteiger partial charge in [-0.15, -0.1) is 10.2 Å². The predicted molar refractivity (Wildman–Crippen MR) is 90.1 cm³/mol. The molecule has 0 aliphatic heterocycles. The van der Waals surface area contributed by atoms with Crippen LogP contribution >= 0.6 is 0 Å². The predicted octanol–water partition coefficient (Wildman–Crippen LogP) is 4.44. The van der Waals surface area contributed by atoms with E-state index in [1.54, 1.807) is 12.1 Å². The van der Waals surface area contributed by atoms with Crippen LogP contribution in [-0.2, 0) is 13.0 Å². The smallest absolute Gasteiger partial charge is 0.264 e. The molecule has 0 fully saturated rings. The molecular weight excluding hydrogens is 305 g/mol. The number of hydrogen-bond donors (Lipinski definition) is 0. The fourth-order valence-electron chi connectivity index (χ4n) is 2.85. The third-order valence-electron chi connectivity index (χ3n) is 4.09. The summed E-state index contributed by atoms with van der Waals surface area (Å²) in [5.41, 5.74) is 2.42. The van der Waals surface area contributed by atoms with Gasteiger partial charge in [0.25, 0.3) is 5.89 Å². The Bertz CT molecular complexity index is 1000. The zero-order valence-corrected chi connectivity index (χ0v) is 13.2. The number of hydrogen-bond acceptors (Lipinski definition) is 3. The Balaban J connectivity index is 1.88. The second kappa shape index (κ2) is 5.92. The molecule has 0 N–H and O–H groups in total. The Morgan fingerprint density at radius 1 is 1.04 bits per heavy atom. The average molecular weight is 321 g/mol. The number of rotatable bonds is 4. The van der Waals surface area contributed by atoms with Crippen molar-refractivity contribution in [1.82, 2.24) is 14.8 Å². The van der Waals surface area contributed by atoms with Crippen LogP contribution in [0.1, 0.15) is 18.4 Å². The van der Waals surface area contributed by atoms with Crippen molar-refractivity contribution in [2.24, 2.45) is 0 Å². The molecule has 4 nitrogen and oxygen atoms in total. The van der Waals surface area contributed by atoms with Crippen molar-refractivity contribution in [3.8, 4) is 11.6 Å². The van der Waals surface area contributed by atoms with E-state index in [9.17, 15) is 4.39 Å². The molecule has 0 aliphatic rings. The Kier molecular flexibility index (Phi) is 3.61. The minimum atomic E-state index is -0.221. The molecular formula is C19H16FN3O. The van der Waals surface area contributed by atoms with Crippen LogP contribution in [0.15, 0.2) is 59.0 Å². The van der Waals surface area contributed by atoms with Crippen LogP contribution in [0, 0.1) is 5.82 Å². The number of aromatic nitrogens is 3. The zero-order chi connectivity index (χ0) is 16.5. The molecule has 0 spiro atoms. The molecule has 5 heteroatoms. The quantitative estimate of drug-likeness (QED) is 0.558. The summed E-state index contributed by atoms with van der Waals surface area (Å²) in [4.78, 5) is 0. The third kappa shape index (κ3) is 2.48. The Hall–Kier alpha value is -2.95. The lowest BCUT2D eigenvalue weighted by Gasteiger charge is -2.09.